The number of ether oxygens (including phenoxy) is 2. The average molecular weight is 1630 g/mol. The number of aryl methyl sites for hydroxylation is 6. The summed E-state index contributed by atoms with van der Waals surface area (Å²) in [6.45, 7) is 40.1. The number of primary amides is 1. The number of aliphatic imine (C=N–C) groups is 1. The highest BCUT2D eigenvalue weighted by Crippen LogP contribution is 2.43. The lowest BCUT2D eigenvalue weighted by molar-refractivity contribution is -0.270. The Bertz CT molecular complexity index is 3370. The van der Waals surface area contributed by atoms with E-state index in [9.17, 15) is 9.59 Å². The Morgan fingerprint density at radius 3 is 1.19 bits per heavy atom. The number of hydrogen-bond acceptors (Lipinski definition) is 17. The van der Waals surface area contributed by atoms with Crippen LogP contribution in [0.2, 0.25) is 0 Å². The van der Waals surface area contributed by atoms with Gasteiger partial charge in [0.2, 0.25) is 11.8 Å². The summed E-state index contributed by atoms with van der Waals surface area (Å²) < 4.78 is 49.7. The minimum atomic E-state index is -0.583. The van der Waals surface area contributed by atoms with Gasteiger partial charge < -0.3 is 53.5 Å². The predicted octanol–water partition coefficient (Wildman–Crippen LogP) is 10.3. The fourth-order valence-electron chi connectivity index (χ4n) is 7.91. The summed E-state index contributed by atoms with van der Waals surface area (Å²) in [5.41, 5.74) is 12.0. The molecule has 0 saturated carbocycles. The second kappa shape index (κ2) is 35.3. The van der Waals surface area contributed by atoms with Crippen molar-refractivity contribution in [2.75, 3.05) is 42.4 Å². The van der Waals surface area contributed by atoms with Gasteiger partial charge in [0, 0.05) is 68.2 Å². The van der Waals surface area contributed by atoms with Crippen LogP contribution in [0.5, 0.6) is 0 Å². The summed E-state index contributed by atoms with van der Waals surface area (Å²) in [5, 5.41) is 14.1. The molecule has 512 valence electrons. The molecule has 93 heavy (non-hydrogen) atoms. The first kappa shape index (κ1) is 84.8. The Balaban J connectivity index is 0.000000385. The topological polar surface area (TPSA) is 320 Å². The van der Waals surface area contributed by atoms with Crippen molar-refractivity contribution in [3.05, 3.63) is 129 Å². The number of amidine groups is 1. The SMILES string of the molecule is CC(=NC(=O)c1ccc(C)c(I)c1)N(C)C.CC1(C)OB(B2OC(C)(C)C(C)(C)O2)OC1(C)C.COC(C)(OC)N(C)C.Cc1ccc(C(N)=O)cc1I.Cc1nc(-c2ccc(C)c(B3OC(C)(C)C(C)(C)O3)c2)n[nH]1.Cc1nc(-c2ccc(C)c(I)c2)n[nH]1.NN.O. The quantitative estimate of drug-likeness (QED) is 0.0171. The molecule has 3 fully saturated rings. The molecule has 2 aromatic heterocycles. The second-order valence-corrected chi connectivity index (χ2v) is 29.2. The Morgan fingerprint density at radius 2 is 0.882 bits per heavy atom. The number of nitrogens with two attached hydrogens (primary N) is 3. The lowest BCUT2D eigenvalue weighted by Gasteiger charge is -2.32. The zero-order valence-electron chi connectivity index (χ0n) is 59.2. The fraction of sp³-hybridized carbons (Fsp3) is 0.516. The van der Waals surface area contributed by atoms with Gasteiger partial charge in [0.05, 0.1) is 33.6 Å². The molecule has 0 spiro atoms. The van der Waals surface area contributed by atoms with Gasteiger partial charge in [-0.25, -0.2) is 9.97 Å². The van der Waals surface area contributed by atoms with E-state index in [1.54, 1.807) is 26.4 Å². The van der Waals surface area contributed by atoms with E-state index in [0.29, 0.717) is 22.8 Å². The van der Waals surface area contributed by atoms with Crippen LogP contribution in [-0.2, 0) is 37.4 Å². The molecule has 3 aliphatic heterocycles. The van der Waals surface area contributed by atoms with E-state index in [0.717, 1.165) is 52.3 Å². The van der Waals surface area contributed by atoms with Gasteiger partial charge >= 0.3 is 21.1 Å². The van der Waals surface area contributed by atoms with Crippen LogP contribution in [0.1, 0.15) is 152 Å². The molecule has 0 radical (unpaired) electrons. The average Bonchev–Trinajstić information content (AvgIpc) is 1.61. The number of amides is 2. The molecule has 9 rings (SSSR count). The number of hydrogen-bond donors (Lipinski definition) is 5. The number of nitrogens with zero attached hydrogens (tertiary/aromatic N) is 7. The Labute approximate surface area is 594 Å². The number of aromatic nitrogens is 6. The van der Waals surface area contributed by atoms with Gasteiger partial charge in [-0.15, -0.1) is 0 Å². The van der Waals surface area contributed by atoms with Crippen molar-refractivity contribution in [2.24, 2.45) is 22.4 Å². The molecule has 5 heterocycles. The molecule has 2 amide bonds. The first-order valence-electron chi connectivity index (χ1n) is 29.8. The Hall–Kier alpha value is -4.33. The number of carbonyl (C=O) groups excluding carboxylic acids is 2. The van der Waals surface area contributed by atoms with E-state index >= 15 is 0 Å². The number of hydrazine groups is 1. The largest absolute Gasteiger partial charge is 0.495 e. The fourth-order valence-corrected chi connectivity index (χ4v) is 9.46. The number of methoxy groups -OCH3 is 2. The number of halogens is 3. The van der Waals surface area contributed by atoms with E-state index in [1.165, 1.54) is 14.7 Å². The first-order valence-corrected chi connectivity index (χ1v) is 33.0. The van der Waals surface area contributed by atoms with Crippen molar-refractivity contribution in [3.63, 3.8) is 0 Å². The van der Waals surface area contributed by atoms with Crippen LogP contribution in [0.15, 0.2) is 77.8 Å². The van der Waals surface area contributed by atoms with Gasteiger partial charge in [-0.05, 0) is 266 Å². The van der Waals surface area contributed by atoms with Crippen molar-refractivity contribution in [2.45, 2.75) is 178 Å². The monoisotopic (exact) mass is 1630 g/mol. The van der Waals surface area contributed by atoms with Crippen molar-refractivity contribution in [3.8, 4) is 22.8 Å². The second-order valence-electron chi connectivity index (χ2n) is 25.7. The van der Waals surface area contributed by atoms with E-state index in [4.69, 9.17) is 43.1 Å². The molecule has 3 saturated heterocycles. The first-order chi connectivity index (χ1) is 42.3. The number of nitrogens with one attached hydrogen (secondary N) is 2. The number of benzene rings is 4. The Morgan fingerprint density at radius 1 is 0.548 bits per heavy atom. The van der Waals surface area contributed by atoms with Gasteiger partial charge in [-0.2, -0.15) is 15.2 Å². The molecule has 6 aromatic rings. The molecular formula is C64H100B3I3N12O11. The van der Waals surface area contributed by atoms with Gasteiger partial charge in [0.1, 0.15) is 17.5 Å². The Kier molecular flexibility index (Phi) is 32.1. The van der Waals surface area contributed by atoms with Crippen LogP contribution in [-0.4, -0.2) is 166 Å². The maximum atomic E-state index is 11.8. The minimum Gasteiger partial charge on any atom is -0.412 e. The lowest BCUT2D eigenvalue weighted by atomic mass is 9.49. The maximum Gasteiger partial charge on any atom is 0.495 e. The molecule has 10 N–H and O–H groups in total. The maximum absolute atomic E-state index is 11.8. The summed E-state index contributed by atoms with van der Waals surface area (Å²) in [5.74, 6) is 10.7. The van der Waals surface area contributed by atoms with E-state index in [1.807, 2.05) is 171 Å². The number of rotatable bonds is 9. The van der Waals surface area contributed by atoms with Crippen LogP contribution < -0.4 is 22.9 Å². The van der Waals surface area contributed by atoms with Gasteiger partial charge in [0.25, 0.3) is 5.91 Å². The summed E-state index contributed by atoms with van der Waals surface area (Å²) in [6, 6.07) is 23.4. The number of H-pyrrole nitrogens is 2. The molecular weight excluding hydrogens is 1530 g/mol. The summed E-state index contributed by atoms with van der Waals surface area (Å²) >= 11 is 6.71. The van der Waals surface area contributed by atoms with Gasteiger partial charge in [-0.3, -0.25) is 36.4 Å². The van der Waals surface area contributed by atoms with Crippen molar-refractivity contribution >= 4 is 112 Å². The molecule has 4 aromatic carbocycles. The minimum absolute atomic E-state index is 0. The van der Waals surface area contributed by atoms with Crippen LogP contribution >= 0.6 is 67.8 Å². The highest BCUT2D eigenvalue weighted by Gasteiger charge is 2.64. The molecule has 0 aliphatic carbocycles. The lowest BCUT2D eigenvalue weighted by Crippen LogP contribution is -2.44. The third-order valence-corrected chi connectivity index (χ3v) is 20.3. The van der Waals surface area contributed by atoms with Gasteiger partial charge in [-0.1, -0.05) is 48.0 Å². The van der Waals surface area contributed by atoms with Crippen LogP contribution in [0.25, 0.3) is 22.8 Å². The smallest absolute Gasteiger partial charge is 0.412 e. The molecule has 0 unspecified atom stereocenters. The molecule has 3 aliphatic rings. The summed E-state index contributed by atoms with van der Waals surface area (Å²) in [4.78, 5) is 38.8. The summed E-state index contributed by atoms with van der Waals surface area (Å²) in [7, 11) is 9.43. The third-order valence-electron chi connectivity index (χ3n) is 16.8. The van der Waals surface area contributed by atoms with Crippen LogP contribution in [0.4, 0.5) is 0 Å². The zero-order chi connectivity index (χ0) is 70.4. The number of carbonyl (C=O) groups is 2. The standard InChI is InChI=1S/C16H22BN3O2.C12H24B2O4.C12H15IN2O.C10H10IN3.C8H8INO.C6H15NO2.H4N2.H2O/c1-10-7-8-12(14-18-11(2)19-20-14)9-13(10)17-21-15(3,4)16(5,6)22-17;1-9(2)10(3,4)16-13(15-9)14-17-11(5,6)12(7,8)18-14;1-8-5-6-10(7-11(8)13)12(16)14-9(2)15(3)4;1-6-3-4-8(5-9(6)11)10-12-7(2)13-14-10;1-5-2-3-6(8(10)11)4-7(5)9;1-6(8-4,9-5)7(2)3;1-2;/h7-9H,1-6H3,(H,18,19,20);1-8H3;5-7H,1-4H3;3-5H,1-2H3,(H,12,13,14);2-4H,1H3,(H2,10,11);1-5H3;1-2H2;1H2. The van der Waals surface area contributed by atoms with Crippen molar-refractivity contribution < 1.29 is 52.5 Å². The molecule has 0 bridgehead atoms. The number of aromatic amines is 2. The predicted molar refractivity (Wildman–Crippen MR) is 399 cm³/mol. The van der Waals surface area contributed by atoms with Gasteiger partial charge in [0.15, 0.2) is 11.6 Å². The third kappa shape index (κ3) is 23.2. The zero-order valence-corrected chi connectivity index (χ0v) is 65.7. The highest BCUT2D eigenvalue weighted by atomic mass is 127. The van der Waals surface area contributed by atoms with E-state index in [-0.39, 0.29) is 58.0 Å². The van der Waals surface area contributed by atoms with Crippen LogP contribution in [0.3, 0.4) is 0 Å². The van der Waals surface area contributed by atoms with Crippen molar-refractivity contribution in [1.29, 1.82) is 0 Å². The summed E-state index contributed by atoms with van der Waals surface area (Å²) in [6.07, 6.45) is 0. The molecule has 23 nitrogen and oxygen atoms in total. The van der Waals surface area contributed by atoms with Crippen LogP contribution in [0, 0.1) is 52.3 Å². The van der Waals surface area contributed by atoms with E-state index in [2.05, 4.69) is 181 Å². The molecule has 29 heteroatoms. The highest BCUT2D eigenvalue weighted by molar-refractivity contribution is 14.1. The normalized spacial score (nSPS) is 16.8. The van der Waals surface area contributed by atoms with Crippen molar-refractivity contribution in [1.82, 2.24) is 40.2 Å². The van der Waals surface area contributed by atoms with E-state index < -0.39 is 19.9 Å². The molecule has 0 atom stereocenters.